The first-order valence-corrected chi connectivity index (χ1v) is 8.49. The number of rotatable bonds is 8. The van der Waals surface area contributed by atoms with Crippen LogP contribution >= 0.6 is 0 Å². The molecule has 0 amide bonds. The summed E-state index contributed by atoms with van der Waals surface area (Å²) in [6.07, 6.45) is 1.68. The van der Waals surface area contributed by atoms with Crippen molar-refractivity contribution in [3.05, 3.63) is 83.0 Å². The summed E-state index contributed by atoms with van der Waals surface area (Å²) in [6, 6.07) is 18.2. The fraction of sp³-hybridized carbons (Fsp3) is 0.100. The molecule has 3 aromatic rings. The van der Waals surface area contributed by atoms with Crippen molar-refractivity contribution in [3.63, 3.8) is 0 Å². The maximum Gasteiger partial charge on any atom is 0.312 e. The molecule has 0 aliphatic heterocycles. The zero-order valence-electron chi connectivity index (χ0n) is 14.8. The van der Waals surface area contributed by atoms with Crippen LogP contribution in [-0.2, 0) is 4.79 Å². The number of hydrogen-bond donors (Lipinski definition) is 1. The number of para-hydroxylation sites is 2. The standard InChI is InChI=1S/C20H17N3O5/c24-20(12-14-21-17-5-1-2-6-18(17)23(25)26)28-16-10-8-15(9-11-16)27-19-7-3-4-13-22-19/h1-11,13,21H,12,14H2. The first kappa shape index (κ1) is 18.8. The molecule has 0 bridgehead atoms. The number of carbonyl (C=O) groups excluding carboxylic acids is 1. The van der Waals surface area contributed by atoms with Gasteiger partial charge in [0.15, 0.2) is 0 Å². The summed E-state index contributed by atoms with van der Waals surface area (Å²) in [5.74, 6) is 0.957. The van der Waals surface area contributed by atoms with Crippen LogP contribution in [0.25, 0.3) is 0 Å². The third-order valence-electron chi connectivity index (χ3n) is 3.66. The number of hydrogen-bond acceptors (Lipinski definition) is 7. The molecule has 8 nitrogen and oxygen atoms in total. The number of esters is 1. The van der Waals surface area contributed by atoms with Crippen molar-refractivity contribution in [1.82, 2.24) is 4.98 Å². The second-order valence-corrected chi connectivity index (χ2v) is 5.67. The van der Waals surface area contributed by atoms with Gasteiger partial charge < -0.3 is 14.8 Å². The van der Waals surface area contributed by atoms with Crippen LogP contribution in [0.5, 0.6) is 17.4 Å². The van der Waals surface area contributed by atoms with E-state index in [2.05, 4.69) is 10.3 Å². The summed E-state index contributed by atoms with van der Waals surface area (Å²) in [5, 5.41) is 13.8. The molecule has 0 unspecified atom stereocenters. The maximum absolute atomic E-state index is 12.0. The Morgan fingerprint density at radius 2 is 1.71 bits per heavy atom. The van der Waals surface area contributed by atoms with E-state index in [9.17, 15) is 14.9 Å². The van der Waals surface area contributed by atoms with Gasteiger partial charge in [-0.3, -0.25) is 14.9 Å². The number of nitrogens with one attached hydrogen (secondary N) is 1. The Kier molecular flexibility index (Phi) is 6.14. The van der Waals surface area contributed by atoms with Crippen molar-refractivity contribution in [1.29, 1.82) is 0 Å². The average Bonchev–Trinajstić information content (AvgIpc) is 2.70. The smallest absolute Gasteiger partial charge is 0.312 e. The van der Waals surface area contributed by atoms with Crippen LogP contribution in [0, 0.1) is 10.1 Å². The Morgan fingerprint density at radius 3 is 2.43 bits per heavy atom. The average molecular weight is 379 g/mol. The first-order valence-electron chi connectivity index (χ1n) is 8.49. The highest BCUT2D eigenvalue weighted by molar-refractivity contribution is 5.73. The minimum Gasteiger partial charge on any atom is -0.439 e. The third-order valence-corrected chi connectivity index (χ3v) is 3.66. The number of benzene rings is 2. The van der Waals surface area contributed by atoms with E-state index < -0.39 is 10.9 Å². The van der Waals surface area contributed by atoms with Gasteiger partial charge in [0.1, 0.15) is 17.2 Å². The van der Waals surface area contributed by atoms with E-state index in [1.807, 2.05) is 6.07 Å². The normalized spacial score (nSPS) is 10.1. The number of nitrogens with zero attached hydrogens (tertiary/aromatic N) is 2. The third kappa shape index (κ3) is 5.28. The molecule has 0 spiro atoms. The summed E-state index contributed by atoms with van der Waals surface area (Å²) >= 11 is 0. The fourth-order valence-corrected chi connectivity index (χ4v) is 2.37. The van der Waals surface area contributed by atoms with Crippen LogP contribution in [0.4, 0.5) is 11.4 Å². The predicted molar refractivity (Wildman–Crippen MR) is 103 cm³/mol. The van der Waals surface area contributed by atoms with Crippen molar-refractivity contribution in [2.45, 2.75) is 6.42 Å². The van der Waals surface area contributed by atoms with Gasteiger partial charge >= 0.3 is 5.97 Å². The highest BCUT2D eigenvalue weighted by atomic mass is 16.6. The van der Waals surface area contributed by atoms with Gasteiger partial charge in [0.25, 0.3) is 5.69 Å². The lowest BCUT2D eigenvalue weighted by Gasteiger charge is -2.08. The van der Waals surface area contributed by atoms with Crippen molar-refractivity contribution < 1.29 is 19.2 Å². The minimum atomic E-state index is -0.477. The quantitative estimate of drug-likeness (QED) is 0.271. The van der Waals surface area contributed by atoms with Gasteiger partial charge in [-0.15, -0.1) is 0 Å². The Balaban J connectivity index is 1.48. The molecule has 142 valence electrons. The lowest BCUT2D eigenvalue weighted by atomic mass is 10.2. The molecule has 2 aromatic carbocycles. The van der Waals surface area contributed by atoms with Crippen LogP contribution in [0.15, 0.2) is 72.9 Å². The second kappa shape index (κ2) is 9.13. The van der Waals surface area contributed by atoms with Crippen LogP contribution in [0.3, 0.4) is 0 Å². The SMILES string of the molecule is O=C(CCNc1ccccc1[N+](=O)[O-])Oc1ccc(Oc2ccccn2)cc1. The van der Waals surface area contributed by atoms with Gasteiger partial charge in [-0.2, -0.15) is 0 Å². The van der Waals surface area contributed by atoms with Crippen molar-refractivity contribution in [3.8, 4) is 17.4 Å². The molecule has 28 heavy (non-hydrogen) atoms. The summed E-state index contributed by atoms with van der Waals surface area (Å²) in [6.45, 7) is 0.213. The van der Waals surface area contributed by atoms with Crippen molar-refractivity contribution >= 4 is 17.3 Å². The maximum atomic E-state index is 12.0. The molecule has 1 N–H and O–H groups in total. The molecule has 3 rings (SSSR count). The largest absolute Gasteiger partial charge is 0.439 e. The fourth-order valence-electron chi connectivity index (χ4n) is 2.37. The summed E-state index contributed by atoms with van der Waals surface area (Å²) < 4.78 is 10.8. The topological polar surface area (TPSA) is 104 Å². The van der Waals surface area contributed by atoms with Crippen LogP contribution < -0.4 is 14.8 Å². The Morgan fingerprint density at radius 1 is 1.00 bits per heavy atom. The van der Waals surface area contributed by atoms with Crippen LogP contribution in [-0.4, -0.2) is 22.4 Å². The molecule has 1 heterocycles. The Labute approximate surface area is 160 Å². The van der Waals surface area contributed by atoms with Gasteiger partial charge in [-0.1, -0.05) is 18.2 Å². The van der Waals surface area contributed by atoms with E-state index >= 15 is 0 Å². The Bertz CT molecular complexity index is 946. The molecule has 0 atom stereocenters. The lowest BCUT2D eigenvalue weighted by Crippen LogP contribution is -2.14. The minimum absolute atomic E-state index is 0.0423. The number of pyridine rings is 1. The van der Waals surface area contributed by atoms with E-state index in [0.29, 0.717) is 23.1 Å². The number of ether oxygens (including phenoxy) is 2. The summed E-state index contributed by atoms with van der Waals surface area (Å²) in [4.78, 5) is 26.5. The van der Waals surface area contributed by atoms with E-state index in [-0.39, 0.29) is 18.7 Å². The number of aromatic nitrogens is 1. The van der Waals surface area contributed by atoms with Crippen molar-refractivity contribution in [2.24, 2.45) is 0 Å². The first-order chi connectivity index (χ1) is 13.6. The molecule has 0 aliphatic rings. The molecule has 0 aliphatic carbocycles. The zero-order chi connectivity index (χ0) is 19.8. The number of carbonyl (C=O) groups is 1. The lowest BCUT2D eigenvalue weighted by molar-refractivity contribution is -0.384. The van der Waals surface area contributed by atoms with Crippen LogP contribution in [0.1, 0.15) is 6.42 Å². The number of nitro benzene ring substituents is 1. The summed E-state index contributed by atoms with van der Waals surface area (Å²) in [7, 11) is 0. The van der Waals surface area contributed by atoms with Gasteiger partial charge in [-0.05, 0) is 36.4 Å². The van der Waals surface area contributed by atoms with Gasteiger partial charge in [0.05, 0.1) is 11.3 Å². The molecular weight excluding hydrogens is 362 g/mol. The number of anilines is 1. The monoisotopic (exact) mass is 379 g/mol. The predicted octanol–water partition coefficient (Wildman–Crippen LogP) is 4.19. The van der Waals surface area contributed by atoms with Gasteiger partial charge in [0.2, 0.25) is 5.88 Å². The van der Waals surface area contributed by atoms with E-state index in [0.717, 1.165) is 0 Å². The number of nitro groups is 1. The molecule has 1 aromatic heterocycles. The van der Waals surface area contributed by atoms with E-state index in [4.69, 9.17) is 9.47 Å². The molecule has 0 radical (unpaired) electrons. The zero-order valence-corrected chi connectivity index (χ0v) is 14.8. The van der Waals surface area contributed by atoms with Gasteiger partial charge in [-0.25, -0.2) is 4.98 Å². The second-order valence-electron chi connectivity index (χ2n) is 5.67. The molecule has 8 heteroatoms. The highest BCUT2D eigenvalue weighted by Crippen LogP contribution is 2.24. The molecular formula is C20H17N3O5. The van der Waals surface area contributed by atoms with E-state index in [1.165, 1.54) is 6.07 Å². The van der Waals surface area contributed by atoms with Gasteiger partial charge in [0, 0.05) is 24.9 Å². The van der Waals surface area contributed by atoms with Crippen molar-refractivity contribution in [2.75, 3.05) is 11.9 Å². The molecule has 0 saturated heterocycles. The summed E-state index contributed by atoms with van der Waals surface area (Å²) in [5.41, 5.74) is 0.315. The van der Waals surface area contributed by atoms with Crippen LogP contribution in [0.2, 0.25) is 0 Å². The highest BCUT2D eigenvalue weighted by Gasteiger charge is 2.12. The van der Waals surface area contributed by atoms with E-state index in [1.54, 1.807) is 60.8 Å². The molecule has 0 saturated carbocycles. The Hall–Kier alpha value is -3.94. The molecule has 0 fully saturated rings.